The third-order valence-electron chi connectivity index (χ3n) is 5.89. The molecule has 0 saturated heterocycles. The van der Waals surface area contributed by atoms with Crippen LogP contribution < -0.4 is 16.2 Å². The van der Waals surface area contributed by atoms with Crippen molar-refractivity contribution in [3.05, 3.63) is 70.4 Å². The van der Waals surface area contributed by atoms with Gasteiger partial charge in [0.15, 0.2) is 5.82 Å². The van der Waals surface area contributed by atoms with E-state index in [1.807, 2.05) is 24.4 Å². The van der Waals surface area contributed by atoms with Crippen LogP contribution in [0.4, 0.5) is 10.2 Å². The Labute approximate surface area is 193 Å². The zero-order valence-electron chi connectivity index (χ0n) is 17.9. The fourth-order valence-corrected chi connectivity index (χ4v) is 4.65. The van der Waals surface area contributed by atoms with E-state index in [0.29, 0.717) is 29.2 Å². The predicted octanol–water partition coefficient (Wildman–Crippen LogP) is 4.06. The van der Waals surface area contributed by atoms with Gasteiger partial charge in [-0.25, -0.2) is 14.4 Å². The van der Waals surface area contributed by atoms with Crippen LogP contribution in [0.1, 0.15) is 42.0 Å². The van der Waals surface area contributed by atoms with Gasteiger partial charge in [-0.1, -0.05) is 17.7 Å². The molecule has 8 nitrogen and oxygen atoms in total. The molecule has 0 fully saturated rings. The highest BCUT2D eigenvalue weighted by molar-refractivity contribution is 6.31. The number of nitrogen functional groups attached to an aromatic ring is 2. The van der Waals surface area contributed by atoms with Crippen molar-refractivity contribution in [1.82, 2.24) is 19.4 Å². The lowest BCUT2D eigenvalue weighted by atomic mass is 9.86. The SMILES string of the molecule is Cc1nc([C@H]2CC(C)Oc3c2cc(Cl)c(F)c3-c2ccc(C(=N)N)nc2)n2ccnc(N)c12. The van der Waals surface area contributed by atoms with Crippen LogP contribution in [0.15, 0.2) is 36.8 Å². The van der Waals surface area contributed by atoms with Crippen LogP contribution in [0, 0.1) is 18.2 Å². The number of benzene rings is 1. The minimum atomic E-state index is -0.599. The monoisotopic (exact) mass is 465 g/mol. The molecule has 33 heavy (non-hydrogen) atoms. The number of halogens is 2. The second-order valence-electron chi connectivity index (χ2n) is 8.11. The van der Waals surface area contributed by atoms with E-state index in [2.05, 4.69) is 9.97 Å². The molecule has 168 valence electrons. The van der Waals surface area contributed by atoms with Gasteiger partial charge in [0.25, 0.3) is 0 Å². The lowest BCUT2D eigenvalue weighted by molar-refractivity contribution is 0.181. The molecule has 0 aliphatic carbocycles. The first-order valence-corrected chi connectivity index (χ1v) is 10.7. The Morgan fingerprint density at radius 3 is 2.82 bits per heavy atom. The van der Waals surface area contributed by atoms with Crippen LogP contribution in [-0.4, -0.2) is 31.3 Å². The first kappa shape index (κ1) is 21.1. The number of amidine groups is 1. The Bertz CT molecular complexity index is 1420. The van der Waals surface area contributed by atoms with Gasteiger partial charge < -0.3 is 16.2 Å². The number of aryl methyl sites for hydroxylation is 1. The molecule has 1 aromatic carbocycles. The van der Waals surface area contributed by atoms with Crippen molar-refractivity contribution in [2.45, 2.75) is 32.3 Å². The molecule has 0 amide bonds. The van der Waals surface area contributed by atoms with Crippen LogP contribution in [0.25, 0.3) is 16.6 Å². The molecule has 0 spiro atoms. The zero-order chi connectivity index (χ0) is 23.4. The molecule has 3 aromatic heterocycles. The van der Waals surface area contributed by atoms with E-state index in [-0.39, 0.29) is 28.4 Å². The number of aromatic nitrogens is 4. The molecule has 0 radical (unpaired) electrons. The summed E-state index contributed by atoms with van der Waals surface area (Å²) in [5.41, 5.74) is 14.8. The summed E-state index contributed by atoms with van der Waals surface area (Å²) in [4.78, 5) is 13.1. The molecular weight excluding hydrogens is 445 g/mol. The normalized spacial score (nSPS) is 17.6. The molecule has 0 bridgehead atoms. The Balaban J connectivity index is 1.74. The number of nitrogens with two attached hydrogens (primary N) is 2. The molecule has 5 rings (SSSR count). The minimum absolute atomic E-state index is 0.0266. The molecule has 0 saturated carbocycles. The van der Waals surface area contributed by atoms with Crippen molar-refractivity contribution in [3.8, 4) is 16.9 Å². The van der Waals surface area contributed by atoms with Gasteiger partial charge in [0.05, 0.1) is 22.4 Å². The van der Waals surface area contributed by atoms with E-state index < -0.39 is 5.82 Å². The summed E-state index contributed by atoms with van der Waals surface area (Å²) in [5.74, 6) is 0.561. The van der Waals surface area contributed by atoms with Gasteiger partial charge in [-0.15, -0.1) is 0 Å². The van der Waals surface area contributed by atoms with Crippen molar-refractivity contribution < 1.29 is 9.13 Å². The summed E-state index contributed by atoms with van der Waals surface area (Å²) in [7, 11) is 0. The van der Waals surface area contributed by atoms with Crippen LogP contribution in [0.5, 0.6) is 5.75 Å². The molecule has 5 N–H and O–H groups in total. The van der Waals surface area contributed by atoms with E-state index >= 15 is 4.39 Å². The second kappa shape index (κ2) is 7.70. The van der Waals surface area contributed by atoms with Crippen molar-refractivity contribution in [2.24, 2.45) is 5.73 Å². The third-order valence-corrected chi connectivity index (χ3v) is 6.16. The summed E-state index contributed by atoms with van der Waals surface area (Å²) >= 11 is 6.36. The molecule has 2 atom stereocenters. The number of fused-ring (bicyclic) bond motifs is 2. The third kappa shape index (κ3) is 3.36. The minimum Gasteiger partial charge on any atom is -0.490 e. The van der Waals surface area contributed by atoms with Crippen LogP contribution >= 0.6 is 11.6 Å². The Kier molecular flexibility index (Phi) is 4.93. The fourth-order valence-electron chi connectivity index (χ4n) is 4.44. The molecule has 4 aromatic rings. The number of nitrogens with one attached hydrogen (secondary N) is 1. The zero-order valence-corrected chi connectivity index (χ0v) is 18.7. The lowest BCUT2D eigenvalue weighted by Gasteiger charge is -2.32. The Morgan fingerprint density at radius 1 is 1.33 bits per heavy atom. The molecule has 1 unspecified atom stereocenters. The molecule has 4 heterocycles. The molecule has 10 heteroatoms. The highest BCUT2D eigenvalue weighted by Crippen LogP contribution is 2.48. The Hall–Kier alpha value is -3.72. The average Bonchev–Trinajstić information content (AvgIpc) is 3.12. The lowest BCUT2D eigenvalue weighted by Crippen LogP contribution is -2.25. The van der Waals surface area contributed by atoms with E-state index in [0.717, 1.165) is 22.6 Å². The summed E-state index contributed by atoms with van der Waals surface area (Å²) in [6.45, 7) is 3.81. The van der Waals surface area contributed by atoms with E-state index in [1.165, 1.54) is 6.20 Å². The van der Waals surface area contributed by atoms with Gasteiger partial charge in [-0.2, -0.15) is 0 Å². The van der Waals surface area contributed by atoms with E-state index in [1.54, 1.807) is 24.4 Å². The highest BCUT2D eigenvalue weighted by Gasteiger charge is 2.35. The first-order valence-electron chi connectivity index (χ1n) is 10.3. The number of hydrogen-bond acceptors (Lipinski definition) is 6. The number of hydrogen-bond donors (Lipinski definition) is 3. The van der Waals surface area contributed by atoms with Gasteiger partial charge in [-0.3, -0.25) is 14.8 Å². The van der Waals surface area contributed by atoms with Crippen LogP contribution in [-0.2, 0) is 0 Å². The predicted molar refractivity (Wildman–Crippen MR) is 124 cm³/mol. The number of anilines is 1. The topological polar surface area (TPSA) is 128 Å². The quantitative estimate of drug-likeness (QED) is 0.309. The summed E-state index contributed by atoms with van der Waals surface area (Å²) in [6.07, 6.45) is 5.32. The number of imidazole rings is 1. The maximum absolute atomic E-state index is 15.3. The Morgan fingerprint density at radius 2 is 2.12 bits per heavy atom. The molecule has 1 aliphatic rings. The van der Waals surface area contributed by atoms with Crippen molar-refractivity contribution in [1.29, 1.82) is 5.41 Å². The molecular formula is C23H21ClFN7O. The van der Waals surface area contributed by atoms with Crippen molar-refractivity contribution in [2.75, 3.05) is 5.73 Å². The van der Waals surface area contributed by atoms with Gasteiger partial charge >= 0.3 is 0 Å². The average molecular weight is 466 g/mol. The number of ether oxygens (including phenoxy) is 1. The van der Waals surface area contributed by atoms with Crippen LogP contribution in [0.3, 0.4) is 0 Å². The van der Waals surface area contributed by atoms with Gasteiger partial charge in [0.1, 0.15) is 34.4 Å². The maximum Gasteiger partial charge on any atom is 0.153 e. The molecule has 1 aliphatic heterocycles. The van der Waals surface area contributed by atoms with Gasteiger partial charge in [-0.05, 0) is 32.4 Å². The van der Waals surface area contributed by atoms with Gasteiger partial charge in [0.2, 0.25) is 0 Å². The highest BCUT2D eigenvalue weighted by atomic mass is 35.5. The smallest absolute Gasteiger partial charge is 0.153 e. The van der Waals surface area contributed by atoms with Crippen LogP contribution in [0.2, 0.25) is 5.02 Å². The standard InChI is InChI=1S/C23H21ClFN7O/c1-10-7-14(23-31-11(2)19-22(28)29-5-6-32(19)23)13-8-15(24)18(25)17(20(13)33-10)12-3-4-16(21(26)27)30-9-12/h3-6,8-10,14H,7H2,1-2H3,(H3,26,27)(H2,28,29)/t10?,14-/m0/s1. The maximum atomic E-state index is 15.3. The summed E-state index contributed by atoms with van der Waals surface area (Å²) < 4.78 is 23.4. The number of rotatable bonds is 3. The van der Waals surface area contributed by atoms with Crippen molar-refractivity contribution in [3.63, 3.8) is 0 Å². The van der Waals surface area contributed by atoms with E-state index in [9.17, 15) is 0 Å². The van der Waals surface area contributed by atoms with Gasteiger partial charge in [0, 0.05) is 35.6 Å². The number of pyridine rings is 1. The largest absolute Gasteiger partial charge is 0.490 e. The summed E-state index contributed by atoms with van der Waals surface area (Å²) in [5, 5.41) is 7.52. The first-order chi connectivity index (χ1) is 15.8. The second-order valence-corrected chi connectivity index (χ2v) is 8.52. The number of nitrogens with zero attached hydrogens (tertiary/aromatic N) is 4. The summed E-state index contributed by atoms with van der Waals surface area (Å²) in [6, 6.07) is 4.82. The fraction of sp³-hybridized carbons (Fsp3) is 0.217. The van der Waals surface area contributed by atoms with Crippen molar-refractivity contribution >= 4 is 28.8 Å². The van der Waals surface area contributed by atoms with E-state index in [4.69, 9.17) is 38.2 Å².